The van der Waals surface area contributed by atoms with Crippen molar-refractivity contribution in [2.24, 2.45) is 0 Å². The van der Waals surface area contributed by atoms with E-state index in [1.807, 2.05) is 12.2 Å². The largest absolute Gasteiger partial charge is 0.472 e. The van der Waals surface area contributed by atoms with Crippen LogP contribution in [0.4, 0.5) is 0 Å². The summed E-state index contributed by atoms with van der Waals surface area (Å²) in [6.45, 7) is 4.33. The lowest BCUT2D eigenvalue weighted by molar-refractivity contribution is -0.161. The summed E-state index contributed by atoms with van der Waals surface area (Å²) in [7, 11) is -4.77. The second kappa shape index (κ2) is 55.6. The molecule has 0 spiro atoms. The Morgan fingerprint density at radius 3 is 1.22 bits per heavy atom. The predicted molar refractivity (Wildman–Crippen MR) is 307 cm³/mol. The van der Waals surface area contributed by atoms with Crippen LogP contribution < -0.4 is 0 Å². The summed E-state index contributed by atoms with van der Waals surface area (Å²) in [5.74, 6) is -1.64. The number of aliphatic hydroxyl groups is 1. The smallest absolute Gasteiger partial charge is 0.461 e. The first-order chi connectivity index (χ1) is 36.2. The van der Waals surface area contributed by atoms with E-state index in [1.54, 1.807) is 6.08 Å². The Hall–Kier alpha value is -3.60. The van der Waals surface area contributed by atoms with Crippen molar-refractivity contribution in [2.75, 3.05) is 26.4 Å². The van der Waals surface area contributed by atoms with E-state index >= 15 is 0 Å². The van der Waals surface area contributed by atoms with Crippen LogP contribution in [0.25, 0.3) is 0 Å². The molecule has 3 unspecified atom stereocenters. The van der Waals surface area contributed by atoms with E-state index in [9.17, 15) is 28.9 Å². The molecule has 0 aromatic rings. The number of carbonyl (C=O) groups excluding carboxylic acids is 3. The average Bonchev–Trinajstić information content (AvgIpc) is 3.39. The van der Waals surface area contributed by atoms with Crippen molar-refractivity contribution in [1.82, 2.24) is 0 Å². The van der Waals surface area contributed by atoms with Crippen LogP contribution in [0.3, 0.4) is 0 Å². The summed E-state index contributed by atoms with van der Waals surface area (Å²) in [6.07, 6.45) is 65.4. The Balaban J connectivity index is 4.83. The Morgan fingerprint density at radius 1 is 0.405 bits per heavy atom. The molecule has 0 bridgehead atoms. The number of aliphatic hydroxyl groups excluding tert-OH is 1. The van der Waals surface area contributed by atoms with Gasteiger partial charge in [-0.15, -0.1) is 0 Å². The number of hydrogen-bond acceptors (Lipinski definition) is 10. The lowest BCUT2D eigenvalue weighted by atomic mass is 10.1. The molecule has 3 atom stereocenters. The highest BCUT2D eigenvalue weighted by Gasteiger charge is 2.28. The fourth-order valence-corrected chi connectivity index (χ4v) is 8.36. The van der Waals surface area contributed by atoms with E-state index < -0.39 is 64.4 Å². The van der Waals surface area contributed by atoms with E-state index in [-0.39, 0.29) is 19.3 Å². The Morgan fingerprint density at radius 2 is 0.770 bits per heavy atom. The lowest BCUT2D eigenvalue weighted by Crippen LogP contribution is -2.30. The maximum atomic E-state index is 12.9. The molecule has 0 rings (SSSR count). The van der Waals surface area contributed by atoms with E-state index in [2.05, 4.69) is 99.8 Å². The van der Waals surface area contributed by atoms with Crippen LogP contribution in [-0.4, -0.2) is 66.5 Å². The molecule has 0 aliphatic rings. The normalized spacial score (nSPS) is 14.1. The van der Waals surface area contributed by atoms with Gasteiger partial charge in [0.15, 0.2) is 6.10 Å². The molecular formula is C62H105O11P. The summed E-state index contributed by atoms with van der Waals surface area (Å²) >= 11 is 0. The number of unbranched alkanes of at least 4 members (excludes halogenated alkanes) is 21. The minimum Gasteiger partial charge on any atom is -0.461 e. The molecule has 0 aliphatic heterocycles. The Bertz CT molecular complexity index is 1610. The zero-order valence-corrected chi connectivity index (χ0v) is 47.7. The highest BCUT2D eigenvalue weighted by atomic mass is 31.2. The zero-order chi connectivity index (χ0) is 54.1. The van der Waals surface area contributed by atoms with E-state index in [4.69, 9.17) is 23.3 Å². The molecule has 0 fully saturated rings. The van der Waals surface area contributed by atoms with Crippen LogP contribution in [0, 0.1) is 0 Å². The molecule has 74 heavy (non-hydrogen) atoms. The van der Waals surface area contributed by atoms with Gasteiger partial charge in [-0.05, 0) is 96.3 Å². The van der Waals surface area contributed by atoms with Gasteiger partial charge in [0.05, 0.1) is 26.2 Å². The topological polar surface area (TPSA) is 155 Å². The molecule has 0 aromatic heterocycles. The van der Waals surface area contributed by atoms with Gasteiger partial charge in [0.1, 0.15) is 12.7 Å². The van der Waals surface area contributed by atoms with Crippen molar-refractivity contribution in [3.05, 3.63) is 97.2 Å². The van der Waals surface area contributed by atoms with Gasteiger partial charge in [-0.3, -0.25) is 23.4 Å². The van der Waals surface area contributed by atoms with Crippen molar-refractivity contribution >= 4 is 25.7 Å². The van der Waals surface area contributed by atoms with Crippen molar-refractivity contribution in [3.8, 4) is 0 Å². The van der Waals surface area contributed by atoms with Crippen molar-refractivity contribution in [2.45, 2.75) is 251 Å². The molecule has 12 heteroatoms. The Kier molecular flexibility index (Phi) is 52.9. The number of phosphoric acid groups is 1. The third kappa shape index (κ3) is 53.2. The molecule has 0 radical (unpaired) electrons. The molecule has 0 amide bonds. The van der Waals surface area contributed by atoms with Gasteiger partial charge in [-0.25, -0.2) is 4.57 Å². The third-order valence-corrected chi connectivity index (χ3v) is 12.9. The minimum atomic E-state index is -4.77. The van der Waals surface area contributed by atoms with Gasteiger partial charge < -0.3 is 24.2 Å². The zero-order valence-electron chi connectivity index (χ0n) is 46.8. The molecule has 0 saturated carbocycles. The van der Waals surface area contributed by atoms with Gasteiger partial charge in [0.2, 0.25) is 0 Å². The summed E-state index contributed by atoms with van der Waals surface area (Å²) in [6, 6.07) is 0. The number of esters is 3. The van der Waals surface area contributed by atoms with Gasteiger partial charge in [-0.2, -0.15) is 0 Å². The highest BCUT2D eigenvalue weighted by molar-refractivity contribution is 7.47. The molecule has 424 valence electrons. The first-order valence-corrected chi connectivity index (χ1v) is 30.6. The number of ether oxygens (including phenoxy) is 3. The number of carbonyl (C=O) groups is 3. The van der Waals surface area contributed by atoms with Gasteiger partial charge in [-0.1, -0.05) is 221 Å². The molecule has 2 N–H and O–H groups in total. The summed E-state index contributed by atoms with van der Waals surface area (Å²) in [4.78, 5) is 48.5. The van der Waals surface area contributed by atoms with Crippen molar-refractivity contribution in [1.29, 1.82) is 0 Å². The maximum absolute atomic E-state index is 12.9. The molecule has 11 nitrogen and oxygen atoms in total. The number of phosphoric ester groups is 1. The van der Waals surface area contributed by atoms with Crippen LogP contribution in [0.15, 0.2) is 97.2 Å². The number of rotatable bonds is 53. The highest BCUT2D eigenvalue weighted by Crippen LogP contribution is 2.43. The van der Waals surface area contributed by atoms with Gasteiger partial charge in [0, 0.05) is 12.8 Å². The minimum absolute atomic E-state index is 0.00981. The SMILES string of the molecule is CC/C=C\C/C=C\C/C=C\C/C=C\C/C=C\CC(=O)OCC(COP(=O)(O)OCC(CO)OC(=O)CCCCCCC/C=C\C/C=C\CCC)OC(=O)CCCCCCCCCCC/C=C\CCCCCCCC. The maximum Gasteiger partial charge on any atom is 0.472 e. The predicted octanol–water partition coefficient (Wildman–Crippen LogP) is 17.3. The summed E-state index contributed by atoms with van der Waals surface area (Å²) < 4.78 is 39.4. The number of allylic oxidation sites excluding steroid dienone is 15. The standard InChI is InChI=1S/C62H105O11P/c1-4-7-10-13-16-19-22-25-27-28-29-30-32-35-38-41-44-47-50-53-62(66)73-59(55-69-60(64)51-48-45-42-39-36-34-31-26-23-20-17-14-11-8-5-2)57-71-74(67,68)70-56-58(54-63)72-61(65)52-49-46-43-40-37-33-24-21-18-15-12-9-6-3/h8,11-12,15,17,20-21,24-27,31,36,39,45,48,58-59,63H,4-7,9-10,13-14,16,18-19,22-23,28-30,32-35,37-38,40-44,46-47,49-57H2,1-3H3,(H,67,68)/b11-8-,15-12-,20-17-,24-21-,27-25-,31-26-,39-36-,48-45-. The second-order valence-corrected chi connectivity index (χ2v) is 20.5. The summed E-state index contributed by atoms with van der Waals surface area (Å²) in [5, 5.41) is 9.80. The average molecular weight is 1060 g/mol. The first kappa shape index (κ1) is 70.4. The van der Waals surface area contributed by atoms with Crippen LogP contribution in [-0.2, 0) is 42.2 Å². The lowest BCUT2D eigenvalue weighted by Gasteiger charge is -2.21. The van der Waals surface area contributed by atoms with Gasteiger partial charge in [0.25, 0.3) is 0 Å². The molecular weight excluding hydrogens is 952 g/mol. The fourth-order valence-electron chi connectivity index (χ4n) is 7.58. The molecule has 0 aliphatic carbocycles. The summed E-state index contributed by atoms with van der Waals surface area (Å²) in [5.41, 5.74) is 0. The van der Waals surface area contributed by atoms with Crippen LogP contribution in [0.2, 0.25) is 0 Å². The third-order valence-electron chi connectivity index (χ3n) is 12.0. The molecule has 0 aromatic carbocycles. The number of hydrogen-bond donors (Lipinski definition) is 2. The van der Waals surface area contributed by atoms with Crippen LogP contribution in [0.5, 0.6) is 0 Å². The monoisotopic (exact) mass is 1060 g/mol. The van der Waals surface area contributed by atoms with Crippen LogP contribution in [0.1, 0.15) is 239 Å². The van der Waals surface area contributed by atoms with Crippen molar-refractivity contribution in [3.63, 3.8) is 0 Å². The van der Waals surface area contributed by atoms with Crippen LogP contribution >= 0.6 is 7.82 Å². The fraction of sp³-hybridized carbons (Fsp3) is 0.694. The van der Waals surface area contributed by atoms with E-state index in [0.717, 1.165) is 96.3 Å². The second-order valence-electron chi connectivity index (χ2n) is 19.1. The van der Waals surface area contributed by atoms with Crippen molar-refractivity contribution < 1.29 is 52.2 Å². The van der Waals surface area contributed by atoms with E-state index in [0.29, 0.717) is 19.3 Å². The first-order valence-electron chi connectivity index (χ1n) is 29.1. The molecule has 0 saturated heterocycles. The quantitative estimate of drug-likeness (QED) is 0.0197. The molecule has 0 heterocycles. The Labute approximate surface area is 451 Å². The van der Waals surface area contributed by atoms with Gasteiger partial charge >= 0.3 is 25.7 Å². The van der Waals surface area contributed by atoms with E-state index in [1.165, 1.54) is 83.5 Å².